The van der Waals surface area contributed by atoms with Gasteiger partial charge in [0.2, 0.25) is 0 Å². The summed E-state index contributed by atoms with van der Waals surface area (Å²) in [4.78, 5) is 12.4. The van der Waals surface area contributed by atoms with Crippen LogP contribution in [0.5, 0.6) is 0 Å². The second kappa shape index (κ2) is 8.03. The first-order chi connectivity index (χ1) is 9.89. The van der Waals surface area contributed by atoms with E-state index in [-0.39, 0.29) is 11.5 Å². The van der Waals surface area contributed by atoms with Gasteiger partial charge in [-0.1, -0.05) is 13.0 Å². The summed E-state index contributed by atoms with van der Waals surface area (Å²) in [5.41, 5.74) is 2.36. The molecule has 0 saturated carbocycles. The van der Waals surface area contributed by atoms with Crippen molar-refractivity contribution in [1.29, 1.82) is 0 Å². The molecule has 4 nitrogen and oxygen atoms in total. The van der Waals surface area contributed by atoms with Crippen LogP contribution in [0, 0.1) is 6.92 Å². The summed E-state index contributed by atoms with van der Waals surface area (Å²) in [5, 5.41) is 6.27. The van der Waals surface area contributed by atoms with Crippen molar-refractivity contribution >= 4 is 11.6 Å². The number of benzene rings is 1. The van der Waals surface area contributed by atoms with Crippen LogP contribution in [-0.4, -0.2) is 31.2 Å². The molecule has 1 amide bonds. The van der Waals surface area contributed by atoms with Crippen LogP contribution in [0.1, 0.15) is 50.0 Å². The maximum absolute atomic E-state index is 12.4. The van der Waals surface area contributed by atoms with E-state index >= 15 is 0 Å². The van der Waals surface area contributed by atoms with Gasteiger partial charge in [0.05, 0.1) is 11.2 Å². The molecule has 0 aromatic heterocycles. The number of carbonyl (C=O) groups is 1. The number of nitrogens with one attached hydrogen (secondary N) is 2. The summed E-state index contributed by atoms with van der Waals surface area (Å²) in [5.74, 6) is -0.0682. The molecular formula is C17H28N2O2. The molecule has 0 saturated heterocycles. The Bertz CT molecular complexity index is 470. The molecule has 0 fully saturated rings. The lowest BCUT2D eigenvalue weighted by atomic mass is 10.1. The fraction of sp³-hybridized carbons (Fsp3) is 0.588. The molecular weight excluding hydrogens is 264 g/mol. The third-order valence-electron chi connectivity index (χ3n) is 3.19. The largest absolute Gasteiger partial charge is 0.384 e. The van der Waals surface area contributed by atoms with Gasteiger partial charge in [-0.2, -0.15) is 0 Å². The van der Waals surface area contributed by atoms with Gasteiger partial charge in [-0.25, -0.2) is 0 Å². The minimum Gasteiger partial charge on any atom is -0.384 e. The van der Waals surface area contributed by atoms with Gasteiger partial charge in [-0.05, 0) is 51.8 Å². The van der Waals surface area contributed by atoms with Gasteiger partial charge < -0.3 is 15.4 Å². The van der Waals surface area contributed by atoms with E-state index in [1.54, 1.807) is 0 Å². The maximum Gasteiger partial charge on any atom is 0.253 e. The first-order valence-corrected chi connectivity index (χ1v) is 7.66. The third kappa shape index (κ3) is 5.76. The Morgan fingerprint density at radius 3 is 2.62 bits per heavy atom. The fourth-order valence-electron chi connectivity index (χ4n) is 2.09. The fourth-order valence-corrected chi connectivity index (χ4v) is 2.09. The van der Waals surface area contributed by atoms with E-state index in [1.807, 2.05) is 45.9 Å². The van der Waals surface area contributed by atoms with E-state index in [0.29, 0.717) is 18.7 Å². The molecule has 0 atom stereocenters. The molecule has 21 heavy (non-hydrogen) atoms. The van der Waals surface area contributed by atoms with Crippen LogP contribution >= 0.6 is 0 Å². The summed E-state index contributed by atoms with van der Waals surface area (Å²) >= 11 is 0. The van der Waals surface area contributed by atoms with Crippen molar-refractivity contribution in [1.82, 2.24) is 5.32 Å². The van der Waals surface area contributed by atoms with Gasteiger partial charge in [0.25, 0.3) is 5.91 Å². The standard InChI is InChI=1S/C17H28N2O2/c1-6-10-18-15-11-13(3)8-9-14(15)16(20)19-12-17(4,5)21-7-2/h8-9,11,18H,6-7,10,12H2,1-5H3,(H,19,20). The highest BCUT2D eigenvalue weighted by atomic mass is 16.5. The van der Waals surface area contributed by atoms with E-state index < -0.39 is 0 Å². The van der Waals surface area contributed by atoms with Crippen molar-refractivity contribution in [3.8, 4) is 0 Å². The van der Waals surface area contributed by atoms with Crippen molar-refractivity contribution in [2.45, 2.75) is 46.6 Å². The highest BCUT2D eigenvalue weighted by Gasteiger charge is 2.20. The topological polar surface area (TPSA) is 50.4 Å². The minimum absolute atomic E-state index is 0.0682. The lowest BCUT2D eigenvalue weighted by molar-refractivity contribution is -0.00815. The average Bonchev–Trinajstić information content (AvgIpc) is 2.42. The second-order valence-corrected chi connectivity index (χ2v) is 5.85. The predicted octanol–water partition coefficient (Wildman–Crippen LogP) is 3.36. The highest BCUT2D eigenvalue weighted by Crippen LogP contribution is 2.18. The van der Waals surface area contributed by atoms with Crippen molar-refractivity contribution in [2.24, 2.45) is 0 Å². The van der Waals surface area contributed by atoms with Gasteiger partial charge in [-0.3, -0.25) is 4.79 Å². The molecule has 118 valence electrons. The van der Waals surface area contributed by atoms with Gasteiger partial charge in [0.15, 0.2) is 0 Å². The van der Waals surface area contributed by atoms with Crippen molar-refractivity contribution in [3.05, 3.63) is 29.3 Å². The molecule has 0 aliphatic rings. The first-order valence-electron chi connectivity index (χ1n) is 7.66. The number of amides is 1. The van der Waals surface area contributed by atoms with E-state index in [0.717, 1.165) is 24.2 Å². The van der Waals surface area contributed by atoms with E-state index in [9.17, 15) is 4.79 Å². The molecule has 4 heteroatoms. The SMILES string of the molecule is CCCNc1cc(C)ccc1C(=O)NCC(C)(C)OCC. The zero-order chi connectivity index (χ0) is 15.9. The molecule has 2 N–H and O–H groups in total. The predicted molar refractivity (Wildman–Crippen MR) is 88.0 cm³/mol. The monoisotopic (exact) mass is 292 g/mol. The van der Waals surface area contributed by atoms with Crippen LogP contribution in [0.3, 0.4) is 0 Å². The number of hydrogen-bond donors (Lipinski definition) is 2. The number of hydrogen-bond acceptors (Lipinski definition) is 3. The van der Waals surface area contributed by atoms with Crippen LogP contribution in [0.2, 0.25) is 0 Å². The Labute approximate surface area is 128 Å². The van der Waals surface area contributed by atoms with Crippen LogP contribution in [0.15, 0.2) is 18.2 Å². The number of carbonyl (C=O) groups excluding carboxylic acids is 1. The molecule has 1 aromatic rings. The summed E-state index contributed by atoms with van der Waals surface area (Å²) in [6, 6.07) is 5.84. The third-order valence-corrected chi connectivity index (χ3v) is 3.19. The lowest BCUT2D eigenvalue weighted by Gasteiger charge is -2.25. The molecule has 0 unspecified atom stereocenters. The molecule has 0 bridgehead atoms. The Hall–Kier alpha value is -1.55. The van der Waals surface area contributed by atoms with Crippen LogP contribution < -0.4 is 10.6 Å². The molecule has 0 heterocycles. The molecule has 0 spiro atoms. The number of anilines is 1. The molecule has 0 aliphatic carbocycles. The number of ether oxygens (including phenoxy) is 1. The Balaban J connectivity index is 2.77. The summed E-state index contributed by atoms with van der Waals surface area (Å²) in [6.07, 6.45) is 1.02. The van der Waals surface area contributed by atoms with Crippen LogP contribution in [0.25, 0.3) is 0 Å². The molecule has 0 radical (unpaired) electrons. The maximum atomic E-state index is 12.4. The average molecular weight is 292 g/mol. The van der Waals surface area contributed by atoms with Gasteiger partial charge >= 0.3 is 0 Å². The normalized spacial score (nSPS) is 11.3. The Morgan fingerprint density at radius 1 is 1.29 bits per heavy atom. The lowest BCUT2D eigenvalue weighted by Crippen LogP contribution is -2.40. The smallest absolute Gasteiger partial charge is 0.253 e. The number of aryl methyl sites for hydroxylation is 1. The first kappa shape index (κ1) is 17.5. The minimum atomic E-state index is -0.355. The van der Waals surface area contributed by atoms with E-state index in [1.165, 1.54) is 0 Å². The summed E-state index contributed by atoms with van der Waals surface area (Å²) < 4.78 is 5.60. The van der Waals surface area contributed by atoms with Crippen LogP contribution in [0.4, 0.5) is 5.69 Å². The molecule has 1 rings (SSSR count). The number of rotatable bonds is 8. The van der Waals surface area contributed by atoms with Gasteiger partial charge in [0.1, 0.15) is 0 Å². The molecule has 1 aromatic carbocycles. The zero-order valence-corrected chi connectivity index (χ0v) is 13.9. The van der Waals surface area contributed by atoms with Gasteiger partial charge in [-0.15, -0.1) is 0 Å². The second-order valence-electron chi connectivity index (χ2n) is 5.85. The highest BCUT2D eigenvalue weighted by molar-refractivity contribution is 5.99. The van der Waals surface area contributed by atoms with Crippen molar-refractivity contribution in [3.63, 3.8) is 0 Å². The Kier molecular flexibility index (Phi) is 6.69. The zero-order valence-electron chi connectivity index (χ0n) is 13.9. The summed E-state index contributed by atoms with van der Waals surface area (Å²) in [6.45, 7) is 12.0. The summed E-state index contributed by atoms with van der Waals surface area (Å²) in [7, 11) is 0. The van der Waals surface area contributed by atoms with Crippen LogP contribution in [-0.2, 0) is 4.74 Å². The van der Waals surface area contributed by atoms with Crippen molar-refractivity contribution in [2.75, 3.05) is 25.0 Å². The molecule has 0 aliphatic heterocycles. The van der Waals surface area contributed by atoms with E-state index in [4.69, 9.17) is 4.74 Å². The van der Waals surface area contributed by atoms with Crippen molar-refractivity contribution < 1.29 is 9.53 Å². The quantitative estimate of drug-likeness (QED) is 0.772. The van der Waals surface area contributed by atoms with Gasteiger partial charge in [0, 0.05) is 25.4 Å². The van der Waals surface area contributed by atoms with E-state index in [2.05, 4.69) is 17.6 Å². The Morgan fingerprint density at radius 2 is 2.00 bits per heavy atom.